The summed E-state index contributed by atoms with van der Waals surface area (Å²) in [5.74, 6) is -0.983. The van der Waals surface area contributed by atoms with E-state index in [2.05, 4.69) is 5.10 Å². The standard InChI is InChI=1S/C11H17N3O6S/c15-7-9-8-20-4-3-14(9)21(18,19)10-5-12-13(6-10)2-1-11(16)17/h5-6,9,15H,1-4,7-8H2,(H,16,17). The lowest BCUT2D eigenvalue weighted by Gasteiger charge is -2.32. The number of hydrogen-bond donors (Lipinski definition) is 2. The molecule has 2 rings (SSSR count). The molecule has 10 heteroatoms. The van der Waals surface area contributed by atoms with Gasteiger partial charge in [-0.15, -0.1) is 0 Å². The van der Waals surface area contributed by atoms with Crippen LogP contribution in [0.4, 0.5) is 0 Å². The Morgan fingerprint density at radius 1 is 1.52 bits per heavy atom. The van der Waals surface area contributed by atoms with Gasteiger partial charge in [0.2, 0.25) is 10.0 Å². The number of aliphatic hydroxyl groups is 1. The molecule has 0 saturated carbocycles. The number of sulfonamides is 1. The molecular formula is C11H17N3O6S. The minimum absolute atomic E-state index is 0.0201. The molecule has 0 bridgehead atoms. The zero-order valence-electron chi connectivity index (χ0n) is 11.3. The first-order chi connectivity index (χ1) is 9.95. The molecule has 0 aromatic carbocycles. The third-order valence-electron chi connectivity index (χ3n) is 3.16. The van der Waals surface area contributed by atoms with Crippen molar-refractivity contribution in [3.63, 3.8) is 0 Å². The fraction of sp³-hybridized carbons (Fsp3) is 0.636. The fourth-order valence-electron chi connectivity index (χ4n) is 2.05. The second-order valence-electron chi connectivity index (χ2n) is 4.61. The van der Waals surface area contributed by atoms with E-state index in [4.69, 9.17) is 9.84 Å². The maximum atomic E-state index is 12.5. The minimum atomic E-state index is -3.78. The maximum absolute atomic E-state index is 12.5. The number of aliphatic carboxylic acids is 1. The summed E-state index contributed by atoms with van der Waals surface area (Å²) >= 11 is 0. The average molecular weight is 319 g/mol. The molecule has 9 nitrogen and oxygen atoms in total. The van der Waals surface area contributed by atoms with Crippen LogP contribution >= 0.6 is 0 Å². The molecule has 1 aliphatic rings. The van der Waals surface area contributed by atoms with E-state index in [0.29, 0.717) is 0 Å². The van der Waals surface area contributed by atoms with Crippen LogP contribution in [0.2, 0.25) is 0 Å². The molecule has 1 unspecified atom stereocenters. The number of rotatable bonds is 6. The lowest BCUT2D eigenvalue weighted by atomic mass is 10.3. The van der Waals surface area contributed by atoms with Gasteiger partial charge in [-0.2, -0.15) is 9.40 Å². The van der Waals surface area contributed by atoms with Gasteiger partial charge in [0.1, 0.15) is 4.90 Å². The van der Waals surface area contributed by atoms with E-state index in [1.807, 2.05) is 0 Å². The van der Waals surface area contributed by atoms with E-state index in [1.54, 1.807) is 0 Å². The third kappa shape index (κ3) is 3.59. The average Bonchev–Trinajstić information content (AvgIpc) is 2.94. The topological polar surface area (TPSA) is 122 Å². The highest BCUT2D eigenvalue weighted by atomic mass is 32.2. The molecule has 0 amide bonds. The Labute approximate surface area is 121 Å². The van der Waals surface area contributed by atoms with Gasteiger partial charge >= 0.3 is 5.97 Å². The third-order valence-corrected chi connectivity index (χ3v) is 5.06. The molecule has 0 spiro atoms. The molecule has 0 aliphatic carbocycles. The summed E-state index contributed by atoms with van der Waals surface area (Å²) < 4.78 is 32.6. The van der Waals surface area contributed by atoms with E-state index < -0.39 is 22.0 Å². The molecule has 1 aliphatic heterocycles. The van der Waals surface area contributed by atoms with Crippen molar-refractivity contribution in [1.29, 1.82) is 0 Å². The number of aryl methyl sites for hydroxylation is 1. The monoisotopic (exact) mass is 319 g/mol. The van der Waals surface area contributed by atoms with Crippen LogP contribution in [0.5, 0.6) is 0 Å². The summed E-state index contributed by atoms with van der Waals surface area (Å²) in [5, 5.41) is 21.7. The van der Waals surface area contributed by atoms with Crippen LogP contribution in [0.3, 0.4) is 0 Å². The van der Waals surface area contributed by atoms with Gasteiger partial charge in [0.05, 0.1) is 45.0 Å². The molecule has 1 aromatic rings. The largest absolute Gasteiger partial charge is 0.481 e. The molecular weight excluding hydrogens is 302 g/mol. The summed E-state index contributed by atoms with van der Waals surface area (Å²) in [4.78, 5) is 10.5. The smallest absolute Gasteiger partial charge is 0.305 e. The van der Waals surface area contributed by atoms with Crippen LogP contribution in [0.15, 0.2) is 17.3 Å². The predicted molar refractivity (Wildman–Crippen MR) is 70.1 cm³/mol. The molecule has 1 saturated heterocycles. The van der Waals surface area contributed by atoms with Crippen molar-refractivity contribution in [1.82, 2.24) is 14.1 Å². The van der Waals surface area contributed by atoms with Gasteiger partial charge in [0.15, 0.2) is 0 Å². The number of carboxylic acid groups (broad SMARTS) is 1. The van der Waals surface area contributed by atoms with E-state index in [-0.39, 0.29) is 44.2 Å². The second-order valence-corrected chi connectivity index (χ2v) is 6.50. The van der Waals surface area contributed by atoms with Crippen molar-refractivity contribution < 1.29 is 28.2 Å². The first kappa shape index (κ1) is 15.9. The minimum Gasteiger partial charge on any atom is -0.481 e. The van der Waals surface area contributed by atoms with Crippen molar-refractivity contribution in [2.45, 2.75) is 23.9 Å². The van der Waals surface area contributed by atoms with Gasteiger partial charge < -0.3 is 14.9 Å². The summed E-state index contributed by atoms with van der Waals surface area (Å²) in [6, 6.07) is -0.619. The number of morpholine rings is 1. The summed E-state index contributed by atoms with van der Waals surface area (Å²) in [5.41, 5.74) is 0. The van der Waals surface area contributed by atoms with Gasteiger partial charge in [0, 0.05) is 12.7 Å². The van der Waals surface area contributed by atoms with Crippen molar-refractivity contribution in [2.24, 2.45) is 0 Å². The van der Waals surface area contributed by atoms with Crippen LogP contribution in [-0.4, -0.2) is 71.1 Å². The highest BCUT2D eigenvalue weighted by Crippen LogP contribution is 2.20. The van der Waals surface area contributed by atoms with Crippen molar-refractivity contribution in [3.8, 4) is 0 Å². The van der Waals surface area contributed by atoms with E-state index >= 15 is 0 Å². The molecule has 1 atom stereocenters. The fourth-order valence-corrected chi connectivity index (χ4v) is 3.59. The van der Waals surface area contributed by atoms with Crippen LogP contribution < -0.4 is 0 Å². The Kier molecular flexibility index (Phi) is 4.93. The lowest BCUT2D eigenvalue weighted by Crippen LogP contribution is -2.50. The Bertz CT molecular complexity index is 599. The normalized spacial score (nSPS) is 20.5. The zero-order valence-corrected chi connectivity index (χ0v) is 12.1. The first-order valence-electron chi connectivity index (χ1n) is 6.40. The quantitative estimate of drug-likeness (QED) is 0.671. The van der Waals surface area contributed by atoms with Gasteiger partial charge in [-0.1, -0.05) is 0 Å². The van der Waals surface area contributed by atoms with Crippen molar-refractivity contribution in [2.75, 3.05) is 26.4 Å². The summed E-state index contributed by atoms with van der Waals surface area (Å²) in [7, 11) is -3.78. The molecule has 21 heavy (non-hydrogen) atoms. The molecule has 1 aromatic heterocycles. The van der Waals surface area contributed by atoms with Gasteiger partial charge in [0.25, 0.3) is 0 Å². The Morgan fingerprint density at radius 2 is 2.29 bits per heavy atom. The maximum Gasteiger partial charge on any atom is 0.305 e. The number of nitrogens with zero attached hydrogens (tertiary/aromatic N) is 3. The zero-order chi connectivity index (χ0) is 15.5. The molecule has 0 radical (unpaired) electrons. The number of aromatic nitrogens is 2. The number of aliphatic hydroxyl groups excluding tert-OH is 1. The number of carboxylic acids is 1. The highest BCUT2D eigenvalue weighted by molar-refractivity contribution is 7.89. The van der Waals surface area contributed by atoms with Crippen LogP contribution in [0, 0.1) is 0 Å². The van der Waals surface area contributed by atoms with Crippen LogP contribution in [-0.2, 0) is 26.1 Å². The Balaban J connectivity index is 2.17. The van der Waals surface area contributed by atoms with Crippen LogP contribution in [0.25, 0.3) is 0 Å². The SMILES string of the molecule is O=C(O)CCn1cc(S(=O)(=O)N2CCOCC2CO)cn1. The van der Waals surface area contributed by atoms with Crippen LogP contribution in [0.1, 0.15) is 6.42 Å². The second kappa shape index (κ2) is 6.52. The summed E-state index contributed by atoms with van der Waals surface area (Å²) in [6.07, 6.45) is 2.33. The van der Waals surface area contributed by atoms with E-state index in [1.165, 1.54) is 21.4 Å². The lowest BCUT2D eigenvalue weighted by molar-refractivity contribution is -0.137. The molecule has 2 heterocycles. The van der Waals surface area contributed by atoms with Gasteiger partial charge in [-0.3, -0.25) is 9.48 Å². The van der Waals surface area contributed by atoms with Gasteiger partial charge in [-0.05, 0) is 0 Å². The number of hydrogen-bond acceptors (Lipinski definition) is 6. The van der Waals surface area contributed by atoms with Crippen molar-refractivity contribution >= 4 is 16.0 Å². The number of ether oxygens (including phenoxy) is 1. The first-order valence-corrected chi connectivity index (χ1v) is 7.84. The van der Waals surface area contributed by atoms with E-state index in [0.717, 1.165) is 0 Å². The van der Waals surface area contributed by atoms with Gasteiger partial charge in [-0.25, -0.2) is 8.42 Å². The number of carbonyl (C=O) groups is 1. The molecule has 118 valence electrons. The predicted octanol–water partition coefficient (Wildman–Crippen LogP) is -1.26. The molecule has 1 fully saturated rings. The van der Waals surface area contributed by atoms with Crippen molar-refractivity contribution in [3.05, 3.63) is 12.4 Å². The summed E-state index contributed by atoms with van der Waals surface area (Å²) in [6.45, 7) is 0.337. The Morgan fingerprint density at radius 3 is 2.95 bits per heavy atom. The molecule has 2 N–H and O–H groups in total. The van der Waals surface area contributed by atoms with E-state index in [9.17, 15) is 18.3 Å². The Hall–Kier alpha value is -1.49. The highest BCUT2D eigenvalue weighted by Gasteiger charge is 2.34.